The van der Waals surface area contributed by atoms with Crippen LogP contribution in [0.5, 0.6) is 0 Å². The molecule has 39 heavy (non-hydrogen) atoms. The van der Waals surface area contributed by atoms with Crippen molar-refractivity contribution in [2.45, 2.75) is 32.7 Å². The highest BCUT2D eigenvalue weighted by Gasteiger charge is 2.43. The summed E-state index contributed by atoms with van der Waals surface area (Å²) in [6.07, 6.45) is 0.550. The van der Waals surface area contributed by atoms with E-state index >= 15 is 0 Å². The fourth-order valence-electron chi connectivity index (χ4n) is 5.44. The van der Waals surface area contributed by atoms with Crippen molar-refractivity contribution in [3.63, 3.8) is 0 Å². The highest BCUT2D eigenvalue weighted by molar-refractivity contribution is 6.39. The largest absolute Gasteiger partial charge is 0.396 e. The van der Waals surface area contributed by atoms with Crippen molar-refractivity contribution in [1.29, 1.82) is 0 Å². The van der Waals surface area contributed by atoms with Crippen LogP contribution in [0, 0.1) is 16.0 Å². The van der Waals surface area contributed by atoms with E-state index in [1.165, 1.54) is 42.5 Å². The fourth-order valence-corrected chi connectivity index (χ4v) is 5.44. The molecular formula is C28H25N3O8. The minimum atomic E-state index is -0.829. The Morgan fingerprint density at radius 1 is 0.821 bits per heavy atom. The molecule has 0 spiro atoms. The second-order valence-corrected chi connectivity index (χ2v) is 10.0. The first-order chi connectivity index (χ1) is 18.6. The summed E-state index contributed by atoms with van der Waals surface area (Å²) in [7, 11) is 0. The average molecular weight is 532 g/mol. The number of anilines is 1. The van der Waals surface area contributed by atoms with Gasteiger partial charge >= 0.3 is 0 Å². The molecule has 0 aromatic heterocycles. The number of amides is 4. The molecule has 2 aliphatic rings. The molecule has 3 aromatic carbocycles. The van der Waals surface area contributed by atoms with Gasteiger partial charge in [-0.3, -0.25) is 34.2 Å². The molecule has 0 fully saturated rings. The van der Waals surface area contributed by atoms with Crippen LogP contribution in [0.1, 0.15) is 67.3 Å². The number of carbonyl (C=O) groups is 4. The second kappa shape index (κ2) is 9.68. The Labute approximate surface area is 222 Å². The molecule has 0 saturated carbocycles. The molecule has 5 rings (SSSR count). The van der Waals surface area contributed by atoms with E-state index in [0.717, 1.165) is 9.80 Å². The molecule has 2 aliphatic heterocycles. The van der Waals surface area contributed by atoms with Gasteiger partial charge in [-0.15, -0.1) is 0 Å². The number of benzene rings is 3. The zero-order valence-electron chi connectivity index (χ0n) is 21.2. The smallest absolute Gasteiger partial charge is 0.293 e. The molecule has 4 amide bonds. The van der Waals surface area contributed by atoms with Gasteiger partial charge in [0, 0.05) is 45.7 Å². The van der Waals surface area contributed by atoms with Crippen LogP contribution in [0.2, 0.25) is 0 Å². The molecule has 0 aliphatic carbocycles. The Morgan fingerprint density at radius 2 is 1.33 bits per heavy atom. The summed E-state index contributed by atoms with van der Waals surface area (Å²) in [5.74, 6) is -2.82. The van der Waals surface area contributed by atoms with Crippen molar-refractivity contribution < 1.29 is 34.3 Å². The van der Waals surface area contributed by atoms with Crippen LogP contribution in [0.3, 0.4) is 0 Å². The standard InChI is InChI=1S/C28H25N3O8/c1-14(2)11-16(13-33)29-25(34)17-4-6-19-24-20(7-5-18(23(17)24)26(29)35)28(37)30(27(19)36)21-8-3-15(9-10-32)12-22(21)31(38)39/h3-8,12,14,16,32-33H,9-11,13H2,1-2H3. The van der Waals surface area contributed by atoms with Gasteiger partial charge in [-0.25, -0.2) is 4.90 Å². The summed E-state index contributed by atoms with van der Waals surface area (Å²) < 4.78 is 0. The van der Waals surface area contributed by atoms with Gasteiger partial charge in [0.1, 0.15) is 5.69 Å². The first-order valence-electron chi connectivity index (χ1n) is 12.5. The minimum absolute atomic E-state index is 0.0221. The van der Waals surface area contributed by atoms with E-state index in [2.05, 4.69) is 0 Å². The zero-order valence-corrected chi connectivity index (χ0v) is 21.2. The predicted octanol–water partition coefficient (Wildman–Crippen LogP) is 3.09. The topological polar surface area (TPSA) is 158 Å². The first-order valence-corrected chi connectivity index (χ1v) is 12.5. The maximum Gasteiger partial charge on any atom is 0.293 e. The third-order valence-electron chi connectivity index (χ3n) is 7.12. The lowest BCUT2D eigenvalue weighted by Crippen LogP contribution is -2.49. The summed E-state index contributed by atoms with van der Waals surface area (Å²) in [4.78, 5) is 67.2. The number of aliphatic hydroxyl groups is 2. The normalized spacial score (nSPS) is 15.5. The van der Waals surface area contributed by atoms with Crippen molar-refractivity contribution >= 4 is 45.8 Å². The van der Waals surface area contributed by atoms with Crippen molar-refractivity contribution in [3.05, 3.63) is 80.4 Å². The summed E-state index contributed by atoms with van der Waals surface area (Å²) in [6.45, 7) is 3.18. The van der Waals surface area contributed by atoms with Crippen LogP contribution in [-0.2, 0) is 6.42 Å². The summed E-state index contributed by atoms with van der Waals surface area (Å²) >= 11 is 0. The number of carbonyl (C=O) groups excluding carboxylic acids is 4. The van der Waals surface area contributed by atoms with E-state index in [9.17, 15) is 39.5 Å². The molecule has 2 N–H and O–H groups in total. The molecule has 11 nitrogen and oxygen atoms in total. The van der Waals surface area contributed by atoms with Crippen LogP contribution in [0.25, 0.3) is 10.8 Å². The third-order valence-corrected chi connectivity index (χ3v) is 7.12. The highest BCUT2D eigenvalue weighted by atomic mass is 16.6. The second-order valence-electron chi connectivity index (χ2n) is 10.0. The molecule has 11 heteroatoms. The Hall–Kier alpha value is -4.48. The number of hydrogen-bond acceptors (Lipinski definition) is 8. The quantitative estimate of drug-likeness (QED) is 0.255. The van der Waals surface area contributed by atoms with Gasteiger partial charge in [-0.05, 0) is 54.7 Å². The van der Waals surface area contributed by atoms with E-state index < -0.39 is 46.9 Å². The molecule has 2 heterocycles. The number of aliphatic hydroxyl groups excluding tert-OH is 2. The number of imide groups is 2. The van der Waals surface area contributed by atoms with E-state index in [1.807, 2.05) is 13.8 Å². The maximum atomic E-state index is 13.7. The van der Waals surface area contributed by atoms with Crippen LogP contribution >= 0.6 is 0 Å². The van der Waals surface area contributed by atoms with Gasteiger partial charge in [0.15, 0.2) is 0 Å². The molecule has 3 aromatic rings. The third kappa shape index (κ3) is 3.98. The Balaban J connectivity index is 1.67. The van der Waals surface area contributed by atoms with Gasteiger partial charge in [-0.1, -0.05) is 19.9 Å². The predicted molar refractivity (Wildman–Crippen MR) is 140 cm³/mol. The van der Waals surface area contributed by atoms with Crippen molar-refractivity contribution in [1.82, 2.24) is 4.90 Å². The van der Waals surface area contributed by atoms with E-state index in [0.29, 0.717) is 12.0 Å². The van der Waals surface area contributed by atoms with E-state index in [1.54, 1.807) is 0 Å². The zero-order chi connectivity index (χ0) is 28.2. The lowest BCUT2D eigenvalue weighted by molar-refractivity contribution is -0.384. The van der Waals surface area contributed by atoms with E-state index in [-0.39, 0.29) is 57.7 Å². The lowest BCUT2D eigenvalue weighted by atomic mass is 9.85. The van der Waals surface area contributed by atoms with Crippen molar-refractivity contribution in [2.24, 2.45) is 5.92 Å². The van der Waals surface area contributed by atoms with Crippen LogP contribution in [-0.4, -0.2) is 62.9 Å². The van der Waals surface area contributed by atoms with Crippen LogP contribution in [0.15, 0.2) is 42.5 Å². The number of hydrogen-bond donors (Lipinski definition) is 2. The Bertz CT molecular complexity index is 1520. The molecule has 1 atom stereocenters. The average Bonchev–Trinajstić information content (AvgIpc) is 2.90. The molecule has 0 bridgehead atoms. The lowest BCUT2D eigenvalue weighted by Gasteiger charge is -2.35. The SMILES string of the molecule is CC(C)CC(CO)N1C(=O)c2ccc3c4c(ccc(c24)C1=O)C(=O)N(c1ccc(CCO)cc1[N+](=O)[O-])C3=O. The molecule has 200 valence electrons. The first kappa shape index (κ1) is 26.1. The highest BCUT2D eigenvalue weighted by Crippen LogP contribution is 2.41. The monoisotopic (exact) mass is 531 g/mol. The maximum absolute atomic E-state index is 13.7. The number of nitro benzene ring substituents is 1. The minimum Gasteiger partial charge on any atom is -0.396 e. The summed E-state index contributed by atoms with van der Waals surface area (Å²) in [6, 6.07) is 8.82. The molecule has 0 saturated heterocycles. The fraction of sp³-hybridized carbons (Fsp3) is 0.286. The van der Waals surface area contributed by atoms with Crippen LogP contribution in [0.4, 0.5) is 11.4 Å². The van der Waals surface area contributed by atoms with Gasteiger partial charge in [0.25, 0.3) is 29.3 Å². The number of rotatable bonds is 8. The van der Waals surface area contributed by atoms with Crippen LogP contribution < -0.4 is 4.90 Å². The Kier molecular flexibility index (Phi) is 6.49. The number of nitrogens with zero attached hydrogens (tertiary/aromatic N) is 3. The van der Waals surface area contributed by atoms with Gasteiger partial charge in [0.2, 0.25) is 0 Å². The number of nitro groups is 1. The Morgan fingerprint density at radius 3 is 1.77 bits per heavy atom. The molecular weight excluding hydrogens is 506 g/mol. The van der Waals surface area contributed by atoms with E-state index in [4.69, 9.17) is 0 Å². The molecule has 1 unspecified atom stereocenters. The van der Waals surface area contributed by atoms with Gasteiger partial charge in [-0.2, -0.15) is 0 Å². The summed E-state index contributed by atoms with van der Waals surface area (Å²) in [5, 5.41) is 31.3. The molecule has 0 radical (unpaired) electrons. The van der Waals surface area contributed by atoms with Gasteiger partial charge < -0.3 is 10.2 Å². The van der Waals surface area contributed by atoms with Crippen molar-refractivity contribution in [2.75, 3.05) is 18.1 Å². The summed E-state index contributed by atoms with van der Waals surface area (Å²) in [5.41, 5.74) is 0.0553. The van der Waals surface area contributed by atoms with Crippen molar-refractivity contribution in [3.8, 4) is 0 Å². The van der Waals surface area contributed by atoms with Gasteiger partial charge in [0.05, 0.1) is 17.6 Å².